The monoisotopic (exact) mass is 710 g/mol. The SMILES string of the molecule is C=CC(=O)OCCCOc1ccc(-c2ccc(COC3OCCOC3OCc3ccc(-c4ccc(OCCCOC(=O)C=C)cn4)cc3)cc2)nc1. The molecular weight excluding hydrogens is 668 g/mol. The highest BCUT2D eigenvalue weighted by Gasteiger charge is 2.28. The predicted octanol–water partition coefficient (Wildman–Crippen LogP) is 6.24. The van der Waals surface area contributed by atoms with Crippen LogP contribution < -0.4 is 9.47 Å². The maximum absolute atomic E-state index is 11.1. The third kappa shape index (κ3) is 12.1. The van der Waals surface area contributed by atoms with E-state index in [4.69, 9.17) is 37.9 Å². The molecule has 0 radical (unpaired) electrons. The van der Waals surface area contributed by atoms with Crippen LogP contribution in [0.2, 0.25) is 0 Å². The number of pyridine rings is 2. The quantitative estimate of drug-likeness (QED) is 0.0584. The minimum absolute atomic E-state index is 0.269. The van der Waals surface area contributed by atoms with E-state index in [1.807, 2.05) is 72.8 Å². The molecule has 0 aliphatic carbocycles. The molecule has 4 aromatic rings. The molecule has 12 nitrogen and oxygen atoms in total. The van der Waals surface area contributed by atoms with Crippen molar-refractivity contribution in [2.45, 2.75) is 38.6 Å². The highest BCUT2D eigenvalue weighted by molar-refractivity contribution is 5.81. The number of hydrogen-bond acceptors (Lipinski definition) is 12. The van der Waals surface area contributed by atoms with Crippen LogP contribution in [0, 0.1) is 0 Å². The van der Waals surface area contributed by atoms with E-state index in [-0.39, 0.29) is 13.2 Å². The Hall–Kier alpha value is -5.40. The first-order chi connectivity index (χ1) is 25.5. The Labute approximate surface area is 302 Å². The Bertz CT molecular complexity index is 1580. The molecule has 2 aromatic heterocycles. The van der Waals surface area contributed by atoms with Gasteiger partial charge in [0.2, 0.25) is 12.6 Å². The van der Waals surface area contributed by atoms with E-state index < -0.39 is 24.5 Å². The molecular formula is C40H42N2O10. The first-order valence-corrected chi connectivity index (χ1v) is 16.9. The highest BCUT2D eigenvalue weighted by Crippen LogP contribution is 2.24. The summed E-state index contributed by atoms with van der Waals surface area (Å²) in [6.45, 7) is 9.53. The third-order valence-corrected chi connectivity index (χ3v) is 7.61. The van der Waals surface area contributed by atoms with Crippen molar-refractivity contribution in [1.82, 2.24) is 9.97 Å². The van der Waals surface area contributed by atoms with Crippen LogP contribution in [0.5, 0.6) is 11.5 Å². The molecule has 12 heteroatoms. The maximum Gasteiger partial charge on any atom is 0.330 e. The van der Waals surface area contributed by atoms with Crippen LogP contribution in [-0.2, 0) is 51.2 Å². The number of aromatic nitrogens is 2. The molecule has 0 bridgehead atoms. The Morgan fingerprint density at radius 1 is 0.615 bits per heavy atom. The maximum atomic E-state index is 11.1. The molecule has 0 amide bonds. The Kier molecular flexibility index (Phi) is 14.9. The van der Waals surface area contributed by atoms with Gasteiger partial charge in [-0.25, -0.2) is 9.59 Å². The van der Waals surface area contributed by atoms with Crippen molar-refractivity contribution in [2.24, 2.45) is 0 Å². The number of carbonyl (C=O) groups is 2. The van der Waals surface area contributed by atoms with Gasteiger partial charge in [0.05, 0.1) is 76.6 Å². The highest BCUT2D eigenvalue weighted by atomic mass is 16.8. The molecule has 0 saturated carbocycles. The minimum atomic E-state index is -0.678. The fraction of sp³-hybridized carbons (Fsp3) is 0.300. The van der Waals surface area contributed by atoms with Gasteiger partial charge in [-0.15, -0.1) is 0 Å². The summed E-state index contributed by atoms with van der Waals surface area (Å²) in [6.07, 6.45) is 5.39. The zero-order valence-electron chi connectivity index (χ0n) is 28.9. The van der Waals surface area contributed by atoms with Gasteiger partial charge in [0.25, 0.3) is 0 Å². The average molecular weight is 711 g/mol. The van der Waals surface area contributed by atoms with Gasteiger partial charge in [-0.3, -0.25) is 9.97 Å². The lowest BCUT2D eigenvalue weighted by molar-refractivity contribution is -0.326. The molecule has 1 fully saturated rings. The van der Waals surface area contributed by atoms with Crippen LogP contribution >= 0.6 is 0 Å². The van der Waals surface area contributed by atoms with Gasteiger partial charge in [-0.2, -0.15) is 0 Å². The molecule has 1 saturated heterocycles. The van der Waals surface area contributed by atoms with E-state index in [9.17, 15) is 9.59 Å². The summed E-state index contributed by atoms with van der Waals surface area (Å²) >= 11 is 0. The second-order valence-electron chi connectivity index (χ2n) is 11.4. The van der Waals surface area contributed by atoms with E-state index >= 15 is 0 Å². The molecule has 1 aliphatic rings. The van der Waals surface area contributed by atoms with Crippen molar-refractivity contribution in [3.8, 4) is 34.0 Å². The van der Waals surface area contributed by atoms with E-state index in [0.717, 1.165) is 45.8 Å². The number of esters is 2. The summed E-state index contributed by atoms with van der Waals surface area (Å²) in [5.41, 5.74) is 5.45. The predicted molar refractivity (Wildman–Crippen MR) is 191 cm³/mol. The van der Waals surface area contributed by atoms with E-state index in [1.165, 1.54) is 0 Å². The van der Waals surface area contributed by atoms with Crippen LogP contribution in [0.1, 0.15) is 24.0 Å². The first-order valence-electron chi connectivity index (χ1n) is 16.9. The summed E-state index contributed by atoms with van der Waals surface area (Å²) in [5, 5.41) is 0. The van der Waals surface area contributed by atoms with Crippen LogP contribution in [0.4, 0.5) is 0 Å². The Morgan fingerprint density at radius 3 is 1.40 bits per heavy atom. The summed E-state index contributed by atoms with van der Waals surface area (Å²) in [4.78, 5) is 31.2. The minimum Gasteiger partial charge on any atom is -0.492 e. The number of ether oxygens (including phenoxy) is 8. The summed E-state index contributed by atoms with van der Waals surface area (Å²) < 4.78 is 45.0. The van der Waals surface area contributed by atoms with Crippen molar-refractivity contribution < 1.29 is 47.5 Å². The van der Waals surface area contributed by atoms with Crippen LogP contribution in [0.25, 0.3) is 22.5 Å². The average Bonchev–Trinajstić information content (AvgIpc) is 3.20. The topological polar surface area (TPSA) is 134 Å². The fourth-order valence-corrected chi connectivity index (χ4v) is 4.87. The number of rotatable bonds is 20. The van der Waals surface area contributed by atoms with Gasteiger partial charge < -0.3 is 37.9 Å². The largest absolute Gasteiger partial charge is 0.492 e. The molecule has 1 aliphatic heterocycles. The van der Waals surface area contributed by atoms with Crippen molar-refractivity contribution in [1.29, 1.82) is 0 Å². The lowest BCUT2D eigenvalue weighted by Gasteiger charge is -2.31. The first kappa shape index (κ1) is 37.8. The molecule has 3 heterocycles. The second kappa shape index (κ2) is 20.4. The zero-order valence-corrected chi connectivity index (χ0v) is 28.9. The number of nitrogens with zero attached hydrogens (tertiary/aromatic N) is 2. The van der Waals surface area contributed by atoms with Crippen LogP contribution in [0.15, 0.2) is 111 Å². The lowest BCUT2D eigenvalue weighted by Crippen LogP contribution is -2.41. The molecule has 52 heavy (non-hydrogen) atoms. The van der Waals surface area contributed by atoms with Crippen molar-refractivity contribution in [3.05, 3.63) is 122 Å². The van der Waals surface area contributed by atoms with Crippen LogP contribution in [-0.4, -0.2) is 74.1 Å². The van der Waals surface area contributed by atoms with Crippen molar-refractivity contribution in [2.75, 3.05) is 39.6 Å². The molecule has 2 unspecified atom stereocenters. The van der Waals surface area contributed by atoms with Gasteiger partial charge in [0.1, 0.15) is 11.5 Å². The Morgan fingerprint density at radius 2 is 1.04 bits per heavy atom. The summed E-state index contributed by atoms with van der Waals surface area (Å²) in [6, 6.07) is 23.4. The Balaban J connectivity index is 1.03. The molecule has 2 atom stereocenters. The van der Waals surface area contributed by atoms with Gasteiger partial charge >= 0.3 is 11.9 Å². The smallest absolute Gasteiger partial charge is 0.330 e. The lowest BCUT2D eigenvalue weighted by atomic mass is 10.1. The van der Waals surface area contributed by atoms with Crippen LogP contribution in [0.3, 0.4) is 0 Å². The van der Waals surface area contributed by atoms with E-state index in [1.54, 1.807) is 12.4 Å². The van der Waals surface area contributed by atoms with Gasteiger partial charge in [0, 0.05) is 36.1 Å². The fourth-order valence-electron chi connectivity index (χ4n) is 4.87. The molecule has 0 spiro atoms. The van der Waals surface area contributed by atoms with E-state index in [0.29, 0.717) is 64.0 Å². The van der Waals surface area contributed by atoms with E-state index in [2.05, 4.69) is 23.1 Å². The van der Waals surface area contributed by atoms with Gasteiger partial charge in [0.15, 0.2) is 0 Å². The third-order valence-electron chi connectivity index (χ3n) is 7.61. The molecule has 0 N–H and O–H groups in total. The number of hydrogen-bond donors (Lipinski definition) is 0. The summed E-state index contributed by atoms with van der Waals surface area (Å²) in [5.74, 6) is 0.384. The molecule has 272 valence electrons. The van der Waals surface area contributed by atoms with Gasteiger partial charge in [-0.1, -0.05) is 61.7 Å². The van der Waals surface area contributed by atoms with Crippen molar-refractivity contribution in [3.63, 3.8) is 0 Å². The standard InChI is InChI=1S/C40H42N2O10/c1-3-37(43)47-21-5-19-45-33-15-17-35(41-25-33)31-11-7-29(8-12-31)27-51-39-40(50-24-23-49-39)52-28-30-9-13-32(14-10-30)36-18-16-34(26-42-36)46-20-6-22-48-38(44)4-2/h3-4,7-18,25-26,39-40H,1-2,5-6,19-24,27-28H2. The summed E-state index contributed by atoms with van der Waals surface area (Å²) in [7, 11) is 0. The number of carbonyl (C=O) groups excluding carboxylic acids is 2. The number of benzene rings is 2. The zero-order chi connectivity index (χ0) is 36.4. The molecule has 5 rings (SSSR count). The normalized spacial score (nSPS) is 15.3. The van der Waals surface area contributed by atoms with Crippen molar-refractivity contribution >= 4 is 11.9 Å². The molecule has 2 aromatic carbocycles. The second-order valence-corrected chi connectivity index (χ2v) is 11.4. The van der Waals surface area contributed by atoms with Gasteiger partial charge in [-0.05, 0) is 35.4 Å².